The summed E-state index contributed by atoms with van der Waals surface area (Å²) >= 11 is 0. The van der Waals surface area contributed by atoms with Gasteiger partial charge in [0.1, 0.15) is 17.3 Å². The Morgan fingerprint density at radius 1 is 1.35 bits per heavy atom. The Kier molecular flexibility index (Phi) is 4.30. The van der Waals surface area contributed by atoms with Crippen LogP contribution >= 0.6 is 0 Å². The van der Waals surface area contributed by atoms with E-state index in [-0.39, 0.29) is 36.5 Å². The quantitative estimate of drug-likeness (QED) is 0.826. The second kappa shape index (κ2) is 6.10. The third-order valence-corrected chi connectivity index (χ3v) is 4.96. The minimum absolute atomic E-state index is 0.0193. The van der Waals surface area contributed by atoms with Gasteiger partial charge in [-0.05, 0) is 37.0 Å². The molecule has 1 aliphatic carbocycles. The number of ether oxygens (including phenoxy) is 1. The maximum atomic E-state index is 14.3. The Balaban J connectivity index is 1.96. The van der Waals surface area contributed by atoms with Crippen molar-refractivity contribution in [3.05, 3.63) is 23.3 Å². The number of hydrogen-bond acceptors (Lipinski definition) is 3. The molecule has 0 spiro atoms. The number of carbonyl (C=O) groups is 1. The molecule has 23 heavy (non-hydrogen) atoms. The number of benzene rings is 1. The summed E-state index contributed by atoms with van der Waals surface area (Å²) in [5.74, 6) is -1.70. The lowest BCUT2D eigenvalue weighted by Gasteiger charge is -2.41. The van der Waals surface area contributed by atoms with Crippen molar-refractivity contribution in [3.8, 4) is 11.5 Å². The van der Waals surface area contributed by atoms with Gasteiger partial charge in [-0.1, -0.05) is 19.8 Å². The minimum atomic E-state index is -3.28. The Morgan fingerprint density at radius 2 is 2.13 bits per heavy atom. The van der Waals surface area contributed by atoms with Gasteiger partial charge in [0.25, 0.3) is 0 Å². The Hall–Kier alpha value is -1.65. The fourth-order valence-corrected chi connectivity index (χ4v) is 3.78. The van der Waals surface area contributed by atoms with E-state index in [2.05, 4.69) is 6.92 Å². The summed E-state index contributed by atoms with van der Waals surface area (Å²) in [6, 6.07) is 3.24. The average Bonchev–Trinajstić information content (AvgIpc) is 2.46. The first-order valence-corrected chi connectivity index (χ1v) is 8.36. The van der Waals surface area contributed by atoms with Crippen LogP contribution in [0.3, 0.4) is 0 Å². The van der Waals surface area contributed by atoms with Crippen LogP contribution in [0.25, 0.3) is 0 Å². The number of fused-ring (bicyclic) bond motifs is 3. The maximum Gasteiger partial charge on any atom is 0.401 e. The van der Waals surface area contributed by atoms with Crippen molar-refractivity contribution in [1.82, 2.24) is 0 Å². The molecule has 1 aromatic rings. The molecule has 0 aromatic heterocycles. The summed E-state index contributed by atoms with van der Waals surface area (Å²) in [6.07, 6.45) is 0.808. The molecule has 3 rings (SSSR count). The Bertz CT molecular complexity index is 613. The van der Waals surface area contributed by atoms with E-state index in [0.29, 0.717) is 5.56 Å². The van der Waals surface area contributed by atoms with E-state index in [4.69, 9.17) is 4.74 Å². The van der Waals surface area contributed by atoms with Crippen molar-refractivity contribution in [1.29, 1.82) is 0 Å². The van der Waals surface area contributed by atoms with Crippen molar-refractivity contribution in [2.24, 2.45) is 5.92 Å². The van der Waals surface area contributed by atoms with E-state index in [9.17, 15) is 18.7 Å². The van der Waals surface area contributed by atoms with Crippen molar-refractivity contribution in [2.45, 2.75) is 63.9 Å². The first-order chi connectivity index (χ1) is 10.9. The third kappa shape index (κ3) is 3.06. The zero-order valence-electron chi connectivity index (χ0n) is 13.3. The number of aryl methyl sites for hydroxylation is 1. The van der Waals surface area contributed by atoms with Gasteiger partial charge in [-0.15, -0.1) is 0 Å². The summed E-state index contributed by atoms with van der Waals surface area (Å²) in [5, 5.41) is 10.4. The molecule has 0 amide bonds. The molecular weight excluding hydrogens is 302 g/mol. The minimum Gasteiger partial charge on any atom is -0.508 e. The van der Waals surface area contributed by atoms with Gasteiger partial charge in [-0.25, -0.2) is 0 Å². The second-order valence-electron chi connectivity index (χ2n) is 6.64. The number of Topliss-reactive ketones (excluding diaryl/α,β-unsaturated/α-hetero) is 1. The van der Waals surface area contributed by atoms with Gasteiger partial charge in [0, 0.05) is 24.3 Å². The van der Waals surface area contributed by atoms with Crippen LogP contribution in [0.1, 0.15) is 62.5 Å². The van der Waals surface area contributed by atoms with Crippen molar-refractivity contribution >= 4 is 5.78 Å². The molecule has 2 aliphatic rings. The molecule has 0 saturated heterocycles. The first kappa shape index (κ1) is 16.2. The van der Waals surface area contributed by atoms with Gasteiger partial charge < -0.3 is 9.84 Å². The normalized spacial score (nSPS) is 25.4. The molecule has 5 heteroatoms. The van der Waals surface area contributed by atoms with Crippen molar-refractivity contribution < 1.29 is 23.4 Å². The van der Waals surface area contributed by atoms with E-state index in [1.807, 2.05) is 0 Å². The van der Waals surface area contributed by atoms with E-state index in [1.165, 1.54) is 0 Å². The predicted octanol–water partition coefficient (Wildman–Crippen LogP) is 4.56. The SMILES string of the molecule is CCCCCc1cc(O)c2c(c1)OC(F)(F)[C@@H]1CCC(=O)C[C@H]21. The number of halogens is 2. The van der Waals surface area contributed by atoms with Crippen LogP contribution in [0.15, 0.2) is 12.1 Å². The lowest BCUT2D eigenvalue weighted by Crippen LogP contribution is -2.45. The summed E-state index contributed by atoms with van der Waals surface area (Å²) in [7, 11) is 0. The first-order valence-electron chi connectivity index (χ1n) is 8.36. The predicted molar refractivity (Wildman–Crippen MR) is 82.0 cm³/mol. The highest BCUT2D eigenvalue weighted by atomic mass is 19.3. The zero-order chi connectivity index (χ0) is 16.6. The van der Waals surface area contributed by atoms with Gasteiger partial charge >= 0.3 is 6.11 Å². The van der Waals surface area contributed by atoms with Crippen LogP contribution < -0.4 is 4.74 Å². The number of phenolic OH excluding ortho intramolecular Hbond substituents is 1. The maximum absolute atomic E-state index is 14.3. The van der Waals surface area contributed by atoms with Crippen LogP contribution in [0.2, 0.25) is 0 Å². The number of unbranched alkanes of at least 4 members (excludes halogenated alkanes) is 2. The summed E-state index contributed by atoms with van der Waals surface area (Å²) < 4.78 is 33.5. The number of ketones is 1. The molecule has 1 N–H and O–H groups in total. The van der Waals surface area contributed by atoms with Gasteiger partial charge in [0.15, 0.2) is 0 Å². The van der Waals surface area contributed by atoms with E-state index in [0.717, 1.165) is 31.2 Å². The number of carbonyl (C=O) groups excluding carboxylic acids is 1. The van der Waals surface area contributed by atoms with Crippen LogP contribution in [0, 0.1) is 5.92 Å². The Morgan fingerprint density at radius 3 is 2.87 bits per heavy atom. The molecule has 2 atom stereocenters. The largest absolute Gasteiger partial charge is 0.508 e. The van der Waals surface area contributed by atoms with Gasteiger partial charge in [-0.3, -0.25) is 4.79 Å². The zero-order valence-corrected chi connectivity index (χ0v) is 13.3. The molecule has 0 radical (unpaired) electrons. The summed E-state index contributed by atoms with van der Waals surface area (Å²) in [5.41, 5.74) is 1.18. The van der Waals surface area contributed by atoms with Crippen molar-refractivity contribution in [2.75, 3.05) is 0 Å². The summed E-state index contributed by atoms with van der Waals surface area (Å²) in [6.45, 7) is 2.09. The van der Waals surface area contributed by atoms with E-state index >= 15 is 0 Å². The van der Waals surface area contributed by atoms with Crippen LogP contribution in [-0.2, 0) is 11.2 Å². The smallest absolute Gasteiger partial charge is 0.401 e. The van der Waals surface area contributed by atoms with Gasteiger partial charge in [0.05, 0.1) is 5.92 Å². The van der Waals surface area contributed by atoms with Crippen LogP contribution in [0.4, 0.5) is 8.78 Å². The standard InChI is InChI=1S/C18H22F2O3/c1-2-3-4-5-11-8-15(22)17-13-10-12(21)6-7-14(13)18(19,20)23-16(17)9-11/h8-9,13-14,22H,2-7,10H2,1H3/t13-,14+/m0/s1. The van der Waals surface area contributed by atoms with Gasteiger partial charge in [-0.2, -0.15) is 8.78 Å². The van der Waals surface area contributed by atoms with Gasteiger partial charge in [0.2, 0.25) is 0 Å². The monoisotopic (exact) mass is 324 g/mol. The number of alkyl halides is 2. The lowest BCUT2D eigenvalue weighted by molar-refractivity contribution is -0.234. The summed E-state index contributed by atoms with van der Waals surface area (Å²) in [4.78, 5) is 11.7. The highest BCUT2D eigenvalue weighted by molar-refractivity contribution is 5.81. The molecule has 126 valence electrons. The molecule has 1 saturated carbocycles. The second-order valence-corrected chi connectivity index (χ2v) is 6.64. The molecule has 1 aliphatic heterocycles. The number of hydrogen-bond donors (Lipinski definition) is 1. The highest BCUT2D eigenvalue weighted by Gasteiger charge is 2.54. The Labute approximate surface area is 134 Å². The average molecular weight is 324 g/mol. The van der Waals surface area contributed by atoms with Crippen LogP contribution in [-0.4, -0.2) is 17.0 Å². The third-order valence-electron chi connectivity index (χ3n) is 4.96. The molecular formula is C18H22F2O3. The molecule has 3 nitrogen and oxygen atoms in total. The molecule has 1 heterocycles. The highest BCUT2D eigenvalue weighted by Crippen LogP contribution is 2.54. The number of phenols is 1. The fraction of sp³-hybridized carbons (Fsp3) is 0.611. The molecule has 1 aromatic carbocycles. The molecule has 0 unspecified atom stereocenters. The number of aromatic hydroxyl groups is 1. The lowest BCUT2D eigenvalue weighted by atomic mass is 9.72. The molecule has 1 fully saturated rings. The molecule has 0 bridgehead atoms. The van der Waals surface area contributed by atoms with Crippen molar-refractivity contribution in [3.63, 3.8) is 0 Å². The fourth-order valence-electron chi connectivity index (χ4n) is 3.78. The van der Waals surface area contributed by atoms with E-state index < -0.39 is 17.9 Å². The topological polar surface area (TPSA) is 46.5 Å². The number of rotatable bonds is 4. The van der Waals surface area contributed by atoms with Crippen LogP contribution in [0.5, 0.6) is 11.5 Å². The van der Waals surface area contributed by atoms with E-state index in [1.54, 1.807) is 12.1 Å².